The topological polar surface area (TPSA) is 71.3 Å². The lowest BCUT2D eigenvalue weighted by Crippen LogP contribution is -2.13. The highest BCUT2D eigenvalue weighted by molar-refractivity contribution is 7.92. The highest BCUT2D eigenvalue weighted by Gasteiger charge is 2.20. The second kappa shape index (κ2) is 6.27. The smallest absolute Gasteiger partial charge is 0.263 e. The first-order valence-corrected chi connectivity index (χ1v) is 8.39. The number of aromatic nitrogens is 1. The van der Waals surface area contributed by atoms with Crippen LogP contribution in [0, 0.1) is 0 Å². The number of hydrogen-bond donors (Lipinski definition) is 2. The number of para-hydroxylation sites is 1. The van der Waals surface area contributed by atoms with Gasteiger partial charge in [0.2, 0.25) is 0 Å². The predicted octanol–water partition coefficient (Wildman–Crippen LogP) is 3.11. The van der Waals surface area contributed by atoms with Crippen molar-refractivity contribution in [2.75, 3.05) is 4.72 Å². The van der Waals surface area contributed by atoms with E-state index in [9.17, 15) is 13.5 Å². The number of benzene rings is 1. The molecule has 0 bridgehead atoms. The molecule has 0 saturated heterocycles. The Kier molecular flexibility index (Phi) is 4.83. The van der Waals surface area contributed by atoms with Gasteiger partial charge in [-0.05, 0) is 25.1 Å². The molecular weight excluding hydrogens is 335 g/mol. The zero-order chi connectivity index (χ0) is 15.6. The van der Waals surface area contributed by atoms with Crippen molar-refractivity contribution < 1.29 is 13.5 Å². The van der Waals surface area contributed by atoms with Crippen LogP contribution in [0.5, 0.6) is 0 Å². The Morgan fingerprint density at radius 3 is 2.38 bits per heavy atom. The fourth-order valence-corrected chi connectivity index (χ4v) is 3.65. The third-order valence-corrected chi connectivity index (χ3v) is 4.92. The number of aliphatic hydroxyl groups is 1. The molecule has 0 spiro atoms. The maximum atomic E-state index is 12.4. The van der Waals surface area contributed by atoms with Gasteiger partial charge in [0.25, 0.3) is 10.0 Å². The predicted molar refractivity (Wildman–Crippen MR) is 83.3 cm³/mol. The van der Waals surface area contributed by atoms with Gasteiger partial charge < -0.3 is 9.67 Å². The highest BCUT2D eigenvalue weighted by atomic mass is 35.5. The average molecular weight is 349 g/mol. The van der Waals surface area contributed by atoms with Crippen LogP contribution in [0.2, 0.25) is 10.0 Å². The molecule has 0 atom stereocenters. The van der Waals surface area contributed by atoms with Gasteiger partial charge in [-0.1, -0.05) is 29.3 Å². The molecule has 5 nitrogen and oxygen atoms in total. The van der Waals surface area contributed by atoms with E-state index in [4.69, 9.17) is 23.2 Å². The Hall–Kier alpha value is -1.21. The number of rotatable bonds is 5. The molecule has 0 unspecified atom stereocenters. The zero-order valence-electron chi connectivity index (χ0n) is 11.2. The van der Waals surface area contributed by atoms with Gasteiger partial charge in [-0.25, -0.2) is 8.42 Å². The summed E-state index contributed by atoms with van der Waals surface area (Å²) in [4.78, 5) is 0.0457. The number of nitrogens with zero attached hydrogens (tertiary/aromatic N) is 1. The SMILES string of the molecule is CCn1cc(S(=O)(=O)Nc2c(Cl)cccc2Cl)cc1CO. The van der Waals surface area contributed by atoms with Crippen molar-refractivity contribution in [1.82, 2.24) is 4.57 Å². The first-order valence-electron chi connectivity index (χ1n) is 6.15. The molecular formula is C13H14Cl2N2O3S. The van der Waals surface area contributed by atoms with E-state index >= 15 is 0 Å². The number of anilines is 1. The van der Waals surface area contributed by atoms with Gasteiger partial charge in [0.15, 0.2) is 0 Å². The van der Waals surface area contributed by atoms with Gasteiger partial charge in [0.05, 0.1) is 22.3 Å². The number of halogens is 2. The van der Waals surface area contributed by atoms with E-state index in [-0.39, 0.29) is 27.2 Å². The van der Waals surface area contributed by atoms with E-state index in [2.05, 4.69) is 4.72 Å². The molecule has 2 aromatic rings. The van der Waals surface area contributed by atoms with Gasteiger partial charge in [-0.2, -0.15) is 0 Å². The zero-order valence-corrected chi connectivity index (χ0v) is 13.5. The molecule has 1 heterocycles. The van der Waals surface area contributed by atoms with Crippen molar-refractivity contribution in [3.05, 3.63) is 46.2 Å². The molecule has 1 aromatic carbocycles. The Morgan fingerprint density at radius 2 is 1.90 bits per heavy atom. The summed E-state index contributed by atoms with van der Waals surface area (Å²) >= 11 is 11.9. The second-order valence-corrected chi connectivity index (χ2v) is 6.81. The van der Waals surface area contributed by atoms with E-state index in [0.717, 1.165) is 0 Å². The van der Waals surface area contributed by atoms with E-state index in [0.29, 0.717) is 12.2 Å². The summed E-state index contributed by atoms with van der Waals surface area (Å²) in [6.07, 6.45) is 1.46. The van der Waals surface area contributed by atoms with Crippen LogP contribution in [0.25, 0.3) is 0 Å². The van der Waals surface area contributed by atoms with Crippen LogP contribution < -0.4 is 4.72 Å². The van der Waals surface area contributed by atoms with Crippen molar-refractivity contribution >= 4 is 38.9 Å². The summed E-state index contributed by atoms with van der Waals surface area (Å²) in [5.74, 6) is 0. The summed E-state index contributed by atoms with van der Waals surface area (Å²) in [6.45, 7) is 2.17. The van der Waals surface area contributed by atoms with Gasteiger partial charge in [0, 0.05) is 18.4 Å². The average Bonchev–Trinajstić information content (AvgIpc) is 2.87. The van der Waals surface area contributed by atoms with Crippen molar-refractivity contribution in [3.8, 4) is 0 Å². The molecule has 0 aliphatic heterocycles. The minimum atomic E-state index is -3.83. The maximum absolute atomic E-state index is 12.4. The first-order chi connectivity index (χ1) is 9.89. The number of aliphatic hydroxyl groups excluding tert-OH is 1. The van der Waals surface area contributed by atoms with Gasteiger partial charge >= 0.3 is 0 Å². The van der Waals surface area contributed by atoms with Gasteiger partial charge in [0.1, 0.15) is 4.90 Å². The molecule has 0 fully saturated rings. The Morgan fingerprint density at radius 1 is 1.29 bits per heavy atom. The maximum Gasteiger partial charge on any atom is 0.263 e. The normalized spacial score (nSPS) is 11.6. The summed E-state index contributed by atoms with van der Waals surface area (Å²) in [6, 6.07) is 6.12. The first kappa shape index (κ1) is 16.2. The van der Waals surface area contributed by atoms with Crippen LogP contribution in [0.4, 0.5) is 5.69 Å². The van der Waals surface area contributed by atoms with Crippen LogP contribution in [0.3, 0.4) is 0 Å². The van der Waals surface area contributed by atoms with Crippen molar-refractivity contribution in [2.45, 2.75) is 25.0 Å². The number of nitrogens with one attached hydrogen (secondary N) is 1. The van der Waals surface area contributed by atoms with Crippen LogP contribution in [0.15, 0.2) is 35.4 Å². The summed E-state index contributed by atoms with van der Waals surface area (Å²) in [5, 5.41) is 9.65. The van der Waals surface area contributed by atoms with Crippen molar-refractivity contribution in [1.29, 1.82) is 0 Å². The molecule has 2 rings (SSSR count). The van der Waals surface area contributed by atoms with Crippen LogP contribution >= 0.6 is 23.2 Å². The number of sulfonamides is 1. The molecule has 21 heavy (non-hydrogen) atoms. The molecule has 8 heteroatoms. The molecule has 0 saturated carbocycles. The van der Waals surface area contributed by atoms with Crippen LogP contribution in [-0.2, 0) is 23.2 Å². The number of aryl methyl sites for hydroxylation is 1. The van der Waals surface area contributed by atoms with E-state index in [1.807, 2.05) is 6.92 Å². The molecule has 2 N–H and O–H groups in total. The molecule has 114 valence electrons. The quantitative estimate of drug-likeness (QED) is 0.871. The third-order valence-electron chi connectivity index (χ3n) is 2.97. The summed E-state index contributed by atoms with van der Waals surface area (Å²) < 4.78 is 28.8. The van der Waals surface area contributed by atoms with Gasteiger partial charge in [-0.3, -0.25) is 4.72 Å². The van der Waals surface area contributed by atoms with Crippen LogP contribution in [0.1, 0.15) is 12.6 Å². The van der Waals surface area contributed by atoms with Crippen molar-refractivity contribution in [3.63, 3.8) is 0 Å². The van der Waals surface area contributed by atoms with E-state index in [1.165, 1.54) is 12.3 Å². The fraction of sp³-hybridized carbons (Fsp3) is 0.231. The molecule has 0 amide bonds. The lowest BCUT2D eigenvalue weighted by atomic mass is 10.3. The lowest BCUT2D eigenvalue weighted by Gasteiger charge is -2.09. The Bertz CT molecular complexity index is 715. The summed E-state index contributed by atoms with van der Waals surface area (Å²) in [7, 11) is -3.83. The standard InChI is InChI=1S/C13H14Cl2N2O3S/c1-2-17-7-10(6-9(17)8-18)21(19,20)16-13-11(14)4-3-5-12(13)15/h3-7,16,18H,2,8H2,1H3. The molecule has 0 aliphatic carbocycles. The minimum absolute atomic E-state index is 0.0457. The Labute approximate surface area is 133 Å². The third kappa shape index (κ3) is 3.35. The van der Waals surface area contributed by atoms with E-state index in [1.54, 1.807) is 22.8 Å². The second-order valence-electron chi connectivity index (χ2n) is 4.31. The molecule has 1 aromatic heterocycles. The number of hydrogen-bond acceptors (Lipinski definition) is 3. The molecule has 0 aliphatic rings. The van der Waals surface area contributed by atoms with Crippen molar-refractivity contribution in [2.24, 2.45) is 0 Å². The Balaban J connectivity index is 2.41. The largest absolute Gasteiger partial charge is 0.390 e. The van der Waals surface area contributed by atoms with E-state index < -0.39 is 10.0 Å². The highest BCUT2D eigenvalue weighted by Crippen LogP contribution is 2.32. The lowest BCUT2D eigenvalue weighted by molar-refractivity contribution is 0.271. The minimum Gasteiger partial charge on any atom is -0.390 e. The molecule has 0 radical (unpaired) electrons. The van der Waals surface area contributed by atoms with Crippen LogP contribution in [-0.4, -0.2) is 18.1 Å². The van der Waals surface area contributed by atoms with Gasteiger partial charge in [-0.15, -0.1) is 0 Å². The fourth-order valence-electron chi connectivity index (χ4n) is 1.89. The monoisotopic (exact) mass is 348 g/mol. The summed E-state index contributed by atoms with van der Waals surface area (Å²) in [5.41, 5.74) is 0.652.